The highest BCUT2D eigenvalue weighted by atomic mass is 79.9. The van der Waals surface area contributed by atoms with Crippen LogP contribution in [0.1, 0.15) is 31.2 Å². The van der Waals surface area contributed by atoms with Gasteiger partial charge >= 0.3 is 6.18 Å². The van der Waals surface area contributed by atoms with Crippen molar-refractivity contribution in [2.75, 3.05) is 0 Å². The Kier molecular flexibility index (Phi) is 4.74. The highest BCUT2D eigenvalue weighted by molar-refractivity contribution is 9.10. The van der Waals surface area contributed by atoms with E-state index >= 15 is 0 Å². The smallest absolute Gasteiger partial charge is 0.299 e. The molecule has 0 amide bonds. The lowest BCUT2D eigenvalue weighted by Crippen LogP contribution is -2.21. The Balaban J connectivity index is 2.93. The fraction of sp³-hybridized carbons (Fsp3) is 0.417. The second-order valence-corrected chi connectivity index (χ2v) is 4.59. The number of benzene rings is 1. The molecule has 0 fully saturated rings. The molecule has 0 spiro atoms. The molecule has 0 saturated carbocycles. The number of alkyl halides is 3. The van der Waals surface area contributed by atoms with Crippen LogP contribution in [0.15, 0.2) is 28.7 Å². The molecule has 0 aliphatic heterocycles. The molecule has 0 saturated heterocycles. The van der Waals surface area contributed by atoms with Gasteiger partial charge in [-0.05, 0) is 18.1 Å². The summed E-state index contributed by atoms with van der Waals surface area (Å²) in [6.45, 7) is 1.71. The van der Waals surface area contributed by atoms with Crippen LogP contribution in [0.4, 0.5) is 13.2 Å². The summed E-state index contributed by atoms with van der Waals surface area (Å²) >= 11 is 3.25. The normalized spacial score (nSPS) is 13.5. The van der Waals surface area contributed by atoms with E-state index in [1.165, 1.54) is 0 Å². The number of carbonyl (C=O) groups is 1. The van der Waals surface area contributed by atoms with Gasteiger partial charge in [0.2, 0.25) is 0 Å². The van der Waals surface area contributed by atoms with E-state index in [0.29, 0.717) is 16.5 Å². The van der Waals surface area contributed by atoms with Gasteiger partial charge in [0.15, 0.2) is 0 Å². The van der Waals surface area contributed by atoms with Gasteiger partial charge in [0, 0.05) is 10.4 Å². The Morgan fingerprint density at radius 2 is 1.94 bits per heavy atom. The van der Waals surface area contributed by atoms with Crippen molar-refractivity contribution in [2.45, 2.75) is 31.9 Å². The molecule has 1 atom stereocenters. The molecule has 1 aromatic carbocycles. The van der Waals surface area contributed by atoms with Crippen LogP contribution in [0.2, 0.25) is 0 Å². The molecule has 1 aromatic rings. The average Bonchev–Trinajstić information content (AvgIpc) is 2.19. The summed E-state index contributed by atoms with van der Waals surface area (Å²) in [5, 5.41) is 0. The molecule has 0 aliphatic rings. The Morgan fingerprint density at radius 1 is 1.35 bits per heavy atom. The fourth-order valence-electron chi connectivity index (χ4n) is 1.70. The van der Waals surface area contributed by atoms with E-state index in [0.717, 1.165) is 0 Å². The maximum absolute atomic E-state index is 12.2. The van der Waals surface area contributed by atoms with Gasteiger partial charge in [0.05, 0.1) is 0 Å². The third-order valence-electron chi connectivity index (χ3n) is 2.45. The number of rotatable bonds is 4. The third-order valence-corrected chi connectivity index (χ3v) is 3.17. The van der Waals surface area contributed by atoms with Crippen LogP contribution in [0.3, 0.4) is 0 Å². The molecular formula is C12H12BrF3O. The van der Waals surface area contributed by atoms with Crippen LogP contribution in [-0.2, 0) is 4.79 Å². The maximum Gasteiger partial charge on any atom is 0.395 e. The molecular weight excluding hydrogens is 297 g/mol. The first kappa shape index (κ1) is 14.2. The van der Waals surface area contributed by atoms with Crippen molar-refractivity contribution in [2.24, 2.45) is 0 Å². The molecule has 94 valence electrons. The van der Waals surface area contributed by atoms with E-state index in [2.05, 4.69) is 15.9 Å². The number of carbonyl (C=O) groups excluding carboxylic acids is 1. The molecule has 5 heteroatoms. The van der Waals surface area contributed by atoms with E-state index in [1.54, 1.807) is 31.2 Å². The summed E-state index contributed by atoms with van der Waals surface area (Å²) in [5.74, 6) is -1.49. The molecule has 0 heterocycles. The van der Waals surface area contributed by atoms with Crippen molar-refractivity contribution >= 4 is 21.7 Å². The summed E-state index contributed by atoms with van der Waals surface area (Å²) < 4.78 is 37.2. The Hall–Kier alpha value is -0.840. The highest BCUT2D eigenvalue weighted by Gasteiger charge is 2.34. The first-order valence-corrected chi connectivity index (χ1v) is 5.98. The standard InChI is InChI=1S/C12H12BrF3O/c1-2-8(11(17)7-12(14,15)16)9-5-3-4-6-10(9)13/h3-6,8H,2,7H2,1H3. The molecule has 0 aromatic heterocycles. The van der Waals surface area contributed by atoms with Crippen LogP contribution < -0.4 is 0 Å². The molecule has 1 unspecified atom stereocenters. The predicted octanol–water partition coefficient (Wildman–Crippen LogP) is 4.46. The van der Waals surface area contributed by atoms with Gasteiger partial charge in [-0.3, -0.25) is 4.79 Å². The van der Waals surface area contributed by atoms with E-state index in [9.17, 15) is 18.0 Å². The van der Waals surface area contributed by atoms with Gasteiger partial charge in [-0.15, -0.1) is 0 Å². The van der Waals surface area contributed by atoms with Gasteiger partial charge in [-0.1, -0.05) is 41.1 Å². The minimum atomic E-state index is -4.44. The summed E-state index contributed by atoms with van der Waals surface area (Å²) in [6.07, 6.45) is -5.45. The second-order valence-electron chi connectivity index (χ2n) is 3.74. The van der Waals surface area contributed by atoms with E-state index in [1.807, 2.05) is 0 Å². The Morgan fingerprint density at radius 3 is 2.41 bits per heavy atom. The van der Waals surface area contributed by atoms with Crippen LogP contribution >= 0.6 is 15.9 Å². The SMILES string of the molecule is CCC(C(=O)CC(F)(F)F)c1ccccc1Br. The molecule has 0 radical (unpaired) electrons. The quantitative estimate of drug-likeness (QED) is 0.802. The molecule has 0 bridgehead atoms. The fourth-order valence-corrected chi connectivity index (χ4v) is 2.26. The number of ketones is 1. The Bertz CT molecular complexity index is 401. The minimum Gasteiger partial charge on any atom is -0.299 e. The van der Waals surface area contributed by atoms with E-state index < -0.39 is 24.3 Å². The molecule has 0 N–H and O–H groups in total. The van der Waals surface area contributed by atoms with Gasteiger partial charge in [0.1, 0.15) is 12.2 Å². The van der Waals surface area contributed by atoms with Crippen LogP contribution in [-0.4, -0.2) is 12.0 Å². The molecule has 0 aliphatic carbocycles. The van der Waals surface area contributed by atoms with Crippen molar-refractivity contribution in [3.63, 3.8) is 0 Å². The van der Waals surface area contributed by atoms with Gasteiger partial charge in [0.25, 0.3) is 0 Å². The van der Waals surface area contributed by atoms with Crippen molar-refractivity contribution in [1.29, 1.82) is 0 Å². The van der Waals surface area contributed by atoms with Crippen LogP contribution in [0, 0.1) is 0 Å². The highest BCUT2D eigenvalue weighted by Crippen LogP contribution is 2.32. The average molecular weight is 309 g/mol. The lowest BCUT2D eigenvalue weighted by molar-refractivity contribution is -0.153. The predicted molar refractivity (Wildman–Crippen MR) is 62.9 cm³/mol. The number of halogens is 4. The van der Waals surface area contributed by atoms with Crippen LogP contribution in [0.5, 0.6) is 0 Å². The zero-order valence-electron chi connectivity index (χ0n) is 9.22. The summed E-state index contributed by atoms with van der Waals surface area (Å²) in [4.78, 5) is 11.6. The largest absolute Gasteiger partial charge is 0.395 e. The van der Waals surface area contributed by atoms with E-state index in [4.69, 9.17) is 0 Å². The zero-order chi connectivity index (χ0) is 13.1. The van der Waals surface area contributed by atoms with Crippen molar-refractivity contribution in [3.8, 4) is 0 Å². The Labute approximate surface area is 106 Å². The lowest BCUT2D eigenvalue weighted by atomic mass is 9.90. The number of hydrogen-bond donors (Lipinski definition) is 0. The monoisotopic (exact) mass is 308 g/mol. The zero-order valence-corrected chi connectivity index (χ0v) is 10.8. The van der Waals surface area contributed by atoms with E-state index in [-0.39, 0.29) is 0 Å². The molecule has 1 rings (SSSR count). The molecule has 1 nitrogen and oxygen atoms in total. The van der Waals surface area contributed by atoms with Gasteiger partial charge in [-0.2, -0.15) is 13.2 Å². The van der Waals surface area contributed by atoms with Crippen LogP contribution in [0.25, 0.3) is 0 Å². The lowest BCUT2D eigenvalue weighted by Gasteiger charge is -2.16. The summed E-state index contributed by atoms with van der Waals surface area (Å²) in [7, 11) is 0. The molecule has 17 heavy (non-hydrogen) atoms. The number of hydrogen-bond acceptors (Lipinski definition) is 1. The second kappa shape index (κ2) is 5.67. The number of Topliss-reactive ketones (excluding diaryl/α,β-unsaturated/α-hetero) is 1. The first-order chi connectivity index (χ1) is 7.85. The van der Waals surface area contributed by atoms with Crippen molar-refractivity contribution < 1.29 is 18.0 Å². The topological polar surface area (TPSA) is 17.1 Å². The summed E-state index contributed by atoms with van der Waals surface area (Å²) in [6, 6.07) is 6.86. The van der Waals surface area contributed by atoms with Crippen molar-refractivity contribution in [3.05, 3.63) is 34.3 Å². The van der Waals surface area contributed by atoms with Gasteiger partial charge < -0.3 is 0 Å². The third kappa shape index (κ3) is 4.15. The first-order valence-electron chi connectivity index (χ1n) is 5.19. The van der Waals surface area contributed by atoms with Crippen molar-refractivity contribution in [1.82, 2.24) is 0 Å². The maximum atomic E-state index is 12.2. The minimum absolute atomic E-state index is 0.359. The van der Waals surface area contributed by atoms with Gasteiger partial charge in [-0.25, -0.2) is 0 Å². The summed E-state index contributed by atoms with van der Waals surface area (Å²) in [5.41, 5.74) is 0.615.